The zero-order valence-electron chi connectivity index (χ0n) is 14.8. The number of primary amides is 1. The topological polar surface area (TPSA) is 84.7 Å². The van der Waals surface area contributed by atoms with E-state index >= 15 is 0 Å². The van der Waals surface area contributed by atoms with E-state index in [4.69, 9.17) is 10.5 Å². The molecule has 2 rings (SSSR count). The molecule has 0 spiro atoms. The number of carbonyl (C=O) groups is 2. The van der Waals surface area contributed by atoms with Crippen molar-refractivity contribution in [2.45, 2.75) is 26.8 Å². The summed E-state index contributed by atoms with van der Waals surface area (Å²) in [5, 5.41) is 3.12. The quantitative estimate of drug-likeness (QED) is 0.818. The van der Waals surface area contributed by atoms with Gasteiger partial charge in [0.2, 0.25) is 5.91 Å². The Balaban J connectivity index is 2.14. The minimum absolute atomic E-state index is 0.0120. The van der Waals surface area contributed by atoms with Crippen LogP contribution in [0.2, 0.25) is 0 Å². The van der Waals surface area contributed by atoms with Crippen LogP contribution in [-0.4, -0.2) is 49.5 Å². The molecule has 0 radical (unpaired) electrons. The van der Waals surface area contributed by atoms with Gasteiger partial charge in [0, 0.05) is 19.1 Å². The molecular formula is C18H27N3O3. The number of nitrogens with two attached hydrogens (primary N) is 1. The summed E-state index contributed by atoms with van der Waals surface area (Å²) >= 11 is 0. The number of nitrogens with one attached hydrogen (secondary N) is 1. The molecule has 1 saturated heterocycles. The number of carbonyl (C=O) groups excluding carboxylic acids is 2. The number of likely N-dealkylation sites (tertiary alicyclic amines) is 1. The summed E-state index contributed by atoms with van der Waals surface area (Å²) in [4.78, 5) is 25.9. The Labute approximate surface area is 143 Å². The van der Waals surface area contributed by atoms with E-state index in [1.54, 1.807) is 13.2 Å². The van der Waals surface area contributed by atoms with Crippen molar-refractivity contribution in [2.24, 2.45) is 17.6 Å². The third kappa shape index (κ3) is 4.26. The number of methoxy groups -OCH3 is 1. The largest absolute Gasteiger partial charge is 0.496 e. The second-order valence-corrected chi connectivity index (χ2v) is 6.85. The fraction of sp³-hybridized carbons (Fsp3) is 0.556. The van der Waals surface area contributed by atoms with Gasteiger partial charge in [-0.15, -0.1) is 0 Å². The molecule has 6 heteroatoms. The van der Waals surface area contributed by atoms with Crippen LogP contribution in [-0.2, 0) is 4.79 Å². The normalized spacial score (nSPS) is 21.0. The van der Waals surface area contributed by atoms with Gasteiger partial charge in [-0.25, -0.2) is 0 Å². The molecule has 6 nitrogen and oxygen atoms in total. The smallest absolute Gasteiger partial charge is 0.255 e. The van der Waals surface area contributed by atoms with E-state index < -0.39 is 0 Å². The summed E-state index contributed by atoms with van der Waals surface area (Å²) in [5.41, 5.74) is 6.84. The lowest BCUT2D eigenvalue weighted by Gasteiger charge is -2.23. The maximum atomic E-state index is 12.7. The lowest BCUT2D eigenvalue weighted by molar-refractivity contribution is -0.118. The Morgan fingerprint density at radius 1 is 1.38 bits per heavy atom. The minimum Gasteiger partial charge on any atom is -0.496 e. The van der Waals surface area contributed by atoms with E-state index in [2.05, 4.69) is 19.2 Å². The summed E-state index contributed by atoms with van der Waals surface area (Å²) in [6, 6.07) is 5.53. The number of aryl methyl sites for hydroxylation is 1. The van der Waals surface area contributed by atoms with E-state index in [9.17, 15) is 9.59 Å². The molecule has 0 unspecified atom stereocenters. The number of ether oxygens (including phenoxy) is 1. The molecule has 1 aromatic carbocycles. The van der Waals surface area contributed by atoms with Gasteiger partial charge < -0.3 is 15.8 Å². The Kier molecular flexibility index (Phi) is 5.83. The number of rotatable bonds is 6. The average Bonchev–Trinajstić information content (AvgIpc) is 2.89. The zero-order chi connectivity index (χ0) is 17.9. The number of amides is 2. The first kappa shape index (κ1) is 18.3. The molecule has 2 atom stereocenters. The van der Waals surface area contributed by atoms with E-state index in [1.807, 2.05) is 24.0 Å². The molecular weight excluding hydrogens is 306 g/mol. The maximum absolute atomic E-state index is 12.7. The fourth-order valence-electron chi connectivity index (χ4n) is 3.34. The second-order valence-electron chi connectivity index (χ2n) is 6.85. The van der Waals surface area contributed by atoms with Crippen molar-refractivity contribution in [2.75, 3.05) is 26.7 Å². The molecule has 1 aliphatic rings. The van der Waals surface area contributed by atoms with Gasteiger partial charge in [0.25, 0.3) is 5.91 Å². The Bertz CT molecular complexity index is 616. The van der Waals surface area contributed by atoms with Crippen LogP contribution >= 0.6 is 0 Å². The molecule has 132 valence electrons. The first-order chi connectivity index (χ1) is 11.3. The van der Waals surface area contributed by atoms with Crippen molar-refractivity contribution in [3.8, 4) is 5.75 Å². The number of benzene rings is 1. The van der Waals surface area contributed by atoms with Gasteiger partial charge in [-0.2, -0.15) is 0 Å². The van der Waals surface area contributed by atoms with Crippen LogP contribution in [0.5, 0.6) is 5.75 Å². The van der Waals surface area contributed by atoms with Gasteiger partial charge in [-0.1, -0.05) is 25.5 Å². The van der Waals surface area contributed by atoms with Gasteiger partial charge in [0.1, 0.15) is 5.75 Å². The maximum Gasteiger partial charge on any atom is 0.255 e. The van der Waals surface area contributed by atoms with Gasteiger partial charge >= 0.3 is 0 Å². The minimum atomic E-state index is -0.343. The van der Waals surface area contributed by atoms with Crippen LogP contribution in [0.1, 0.15) is 29.8 Å². The zero-order valence-corrected chi connectivity index (χ0v) is 14.8. The summed E-state index contributed by atoms with van der Waals surface area (Å²) in [7, 11) is 1.56. The molecule has 0 saturated carbocycles. The molecule has 1 heterocycles. The van der Waals surface area contributed by atoms with Crippen molar-refractivity contribution in [3.05, 3.63) is 29.3 Å². The van der Waals surface area contributed by atoms with Gasteiger partial charge in [0.15, 0.2) is 0 Å². The van der Waals surface area contributed by atoms with Crippen LogP contribution < -0.4 is 15.8 Å². The predicted octanol–water partition coefficient (Wildman–Crippen LogP) is 1.18. The highest BCUT2D eigenvalue weighted by atomic mass is 16.5. The molecule has 0 bridgehead atoms. The number of hydrogen-bond acceptors (Lipinski definition) is 4. The lowest BCUT2D eigenvalue weighted by Crippen LogP contribution is -2.42. The number of hydrogen-bond donors (Lipinski definition) is 2. The van der Waals surface area contributed by atoms with E-state index in [-0.39, 0.29) is 30.3 Å². The summed E-state index contributed by atoms with van der Waals surface area (Å²) in [6.07, 6.45) is 0. The molecule has 1 aromatic rings. The van der Waals surface area contributed by atoms with Gasteiger partial charge in [-0.05, 0) is 30.9 Å². The molecule has 24 heavy (non-hydrogen) atoms. The van der Waals surface area contributed by atoms with Crippen molar-refractivity contribution >= 4 is 11.8 Å². The Morgan fingerprint density at radius 2 is 2.08 bits per heavy atom. The first-order valence-electron chi connectivity index (χ1n) is 8.28. The van der Waals surface area contributed by atoms with E-state index in [0.717, 1.165) is 12.1 Å². The van der Waals surface area contributed by atoms with E-state index in [1.165, 1.54) is 0 Å². The lowest BCUT2D eigenvalue weighted by atomic mass is 9.91. The number of nitrogens with zero attached hydrogens (tertiary/aromatic N) is 1. The predicted molar refractivity (Wildman–Crippen MR) is 92.9 cm³/mol. The van der Waals surface area contributed by atoms with Gasteiger partial charge in [0.05, 0.1) is 19.2 Å². The average molecular weight is 333 g/mol. The molecule has 2 amide bonds. The SMILES string of the molecule is COc1ccc(C)cc1C(=O)N[C@H]1CN(CC(N)=O)C[C@@H]1C(C)C. The third-order valence-corrected chi connectivity index (χ3v) is 4.59. The molecule has 3 N–H and O–H groups in total. The highest BCUT2D eigenvalue weighted by Gasteiger charge is 2.36. The second kappa shape index (κ2) is 7.66. The summed E-state index contributed by atoms with van der Waals surface area (Å²) < 4.78 is 5.30. The summed E-state index contributed by atoms with van der Waals surface area (Å²) in [6.45, 7) is 7.82. The standard InChI is InChI=1S/C18H27N3O3/c1-11(2)14-8-21(10-17(19)22)9-15(14)20-18(23)13-7-12(3)5-6-16(13)24-4/h5-7,11,14-15H,8-10H2,1-4H3,(H2,19,22)(H,20,23)/t14-,15+/m1/s1. The van der Waals surface area contributed by atoms with Crippen LogP contribution in [0, 0.1) is 18.8 Å². The van der Waals surface area contributed by atoms with Crippen LogP contribution in [0.25, 0.3) is 0 Å². The molecule has 0 aliphatic carbocycles. The van der Waals surface area contributed by atoms with Crippen molar-refractivity contribution < 1.29 is 14.3 Å². The Morgan fingerprint density at radius 3 is 2.67 bits per heavy atom. The van der Waals surface area contributed by atoms with Crippen molar-refractivity contribution in [1.82, 2.24) is 10.2 Å². The first-order valence-corrected chi connectivity index (χ1v) is 8.28. The van der Waals surface area contributed by atoms with Crippen LogP contribution in [0.4, 0.5) is 0 Å². The van der Waals surface area contributed by atoms with Crippen LogP contribution in [0.15, 0.2) is 18.2 Å². The molecule has 0 aromatic heterocycles. The Hall–Kier alpha value is -2.08. The van der Waals surface area contributed by atoms with E-state index in [0.29, 0.717) is 23.8 Å². The monoisotopic (exact) mass is 333 g/mol. The van der Waals surface area contributed by atoms with Crippen molar-refractivity contribution in [3.63, 3.8) is 0 Å². The highest BCUT2D eigenvalue weighted by molar-refractivity contribution is 5.97. The molecule has 1 fully saturated rings. The third-order valence-electron chi connectivity index (χ3n) is 4.59. The molecule has 1 aliphatic heterocycles. The fourth-order valence-corrected chi connectivity index (χ4v) is 3.34. The van der Waals surface area contributed by atoms with Crippen LogP contribution in [0.3, 0.4) is 0 Å². The highest BCUT2D eigenvalue weighted by Crippen LogP contribution is 2.26. The summed E-state index contributed by atoms with van der Waals surface area (Å²) in [5.74, 6) is 0.750. The van der Waals surface area contributed by atoms with Crippen molar-refractivity contribution in [1.29, 1.82) is 0 Å². The van der Waals surface area contributed by atoms with Gasteiger partial charge in [-0.3, -0.25) is 14.5 Å².